The second-order valence-electron chi connectivity index (χ2n) is 2.55. The molecule has 0 aliphatic carbocycles. The Morgan fingerprint density at radius 1 is 1.62 bits per heavy atom. The Kier molecular flexibility index (Phi) is 2.32. The van der Waals surface area contributed by atoms with Crippen LogP contribution in [0.25, 0.3) is 0 Å². The maximum Gasteiger partial charge on any atom is 0.239 e. The molecule has 2 aromatic rings. The van der Waals surface area contributed by atoms with Crippen LogP contribution >= 0.6 is 27.3 Å². The normalized spacial score (nSPS) is 10.5. The molecule has 0 aliphatic heterocycles. The number of aromatic amines is 1. The summed E-state index contributed by atoms with van der Waals surface area (Å²) in [4.78, 5) is 5.24. The number of hydrogen-bond acceptors (Lipinski definition) is 4. The molecule has 6 heteroatoms. The minimum absolute atomic E-state index is 0.297. The van der Waals surface area contributed by atoms with Crippen LogP contribution < -0.4 is 5.73 Å². The minimum Gasteiger partial charge on any atom is -0.367 e. The number of nitrogen functional groups attached to an aromatic ring is 1. The molecule has 0 fully saturated rings. The molecule has 3 N–H and O–H groups in total. The summed E-state index contributed by atoms with van der Waals surface area (Å²) in [6.07, 6.45) is 0.750. The van der Waals surface area contributed by atoms with Gasteiger partial charge in [-0.25, -0.2) is 0 Å². The summed E-state index contributed by atoms with van der Waals surface area (Å²) in [7, 11) is 0. The molecule has 0 aliphatic rings. The molecule has 2 rings (SSSR count). The Labute approximate surface area is 87.3 Å². The first-order valence-electron chi connectivity index (χ1n) is 3.64. The third-order valence-corrected chi connectivity index (χ3v) is 3.21. The van der Waals surface area contributed by atoms with Gasteiger partial charge in [0.2, 0.25) is 5.95 Å². The van der Waals surface area contributed by atoms with E-state index in [1.165, 1.54) is 4.88 Å². The van der Waals surface area contributed by atoms with E-state index in [4.69, 9.17) is 5.73 Å². The third kappa shape index (κ3) is 2.07. The van der Waals surface area contributed by atoms with Crippen LogP contribution in [0.3, 0.4) is 0 Å². The van der Waals surface area contributed by atoms with Gasteiger partial charge in [0.05, 0.1) is 0 Å². The second kappa shape index (κ2) is 3.47. The third-order valence-electron chi connectivity index (χ3n) is 1.51. The van der Waals surface area contributed by atoms with Crippen molar-refractivity contribution in [2.75, 3.05) is 5.73 Å². The molecule has 68 valence electrons. The van der Waals surface area contributed by atoms with Crippen molar-refractivity contribution < 1.29 is 0 Å². The monoisotopic (exact) mass is 258 g/mol. The molecule has 0 saturated carbocycles. The van der Waals surface area contributed by atoms with E-state index in [0.29, 0.717) is 5.95 Å². The maximum absolute atomic E-state index is 5.38. The summed E-state index contributed by atoms with van der Waals surface area (Å²) < 4.78 is 1.10. The highest BCUT2D eigenvalue weighted by Gasteiger charge is 2.03. The lowest BCUT2D eigenvalue weighted by molar-refractivity contribution is 0.983. The van der Waals surface area contributed by atoms with Crippen LogP contribution in [0, 0.1) is 0 Å². The predicted molar refractivity (Wildman–Crippen MR) is 55.6 cm³/mol. The van der Waals surface area contributed by atoms with Gasteiger partial charge in [0, 0.05) is 21.2 Å². The number of nitrogens with zero attached hydrogens (tertiary/aromatic N) is 2. The number of halogens is 1. The first-order chi connectivity index (χ1) is 6.24. The fraction of sp³-hybridized carbons (Fsp3) is 0.143. The summed E-state index contributed by atoms with van der Waals surface area (Å²) in [5.41, 5.74) is 5.38. The molecule has 13 heavy (non-hydrogen) atoms. The number of hydrogen-bond donors (Lipinski definition) is 2. The first kappa shape index (κ1) is 8.71. The van der Waals surface area contributed by atoms with Crippen LogP contribution in [-0.4, -0.2) is 15.2 Å². The van der Waals surface area contributed by atoms with Crippen molar-refractivity contribution in [3.05, 3.63) is 26.6 Å². The summed E-state index contributed by atoms with van der Waals surface area (Å²) in [6, 6.07) is 2.06. The van der Waals surface area contributed by atoms with E-state index in [1.807, 2.05) is 5.38 Å². The minimum atomic E-state index is 0.297. The van der Waals surface area contributed by atoms with Crippen molar-refractivity contribution >= 4 is 33.2 Å². The molecular formula is C7H7BrN4S. The Hall–Kier alpha value is -0.880. The Balaban J connectivity index is 2.14. The smallest absolute Gasteiger partial charge is 0.239 e. The van der Waals surface area contributed by atoms with E-state index >= 15 is 0 Å². The highest BCUT2D eigenvalue weighted by Crippen LogP contribution is 2.21. The van der Waals surface area contributed by atoms with Crippen molar-refractivity contribution in [1.29, 1.82) is 0 Å². The zero-order chi connectivity index (χ0) is 9.26. The van der Waals surface area contributed by atoms with Crippen LogP contribution in [0.1, 0.15) is 10.7 Å². The average Bonchev–Trinajstić information content (AvgIpc) is 2.62. The number of nitrogens with one attached hydrogen (secondary N) is 1. The standard InChI is InChI=1S/C7H7BrN4S/c8-4-1-5(13-3-4)2-6-10-7(9)12-11-6/h1,3H,2H2,(H3,9,10,11,12). The molecule has 0 saturated heterocycles. The van der Waals surface area contributed by atoms with E-state index in [-0.39, 0.29) is 0 Å². The van der Waals surface area contributed by atoms with Gasteiger partial charge in [-0.3, -0.25) is 5.10 Å². The van der Waals surface area contributed by atoms with Crippen LogP contribution in [0.2, 0.25) is 0 Å². The molecular weight excluding hydrogens is 252 g/mol. The topological polar surface area (TPSA) is 67.6 Å². The summed E-state index contributed by atoms with van der Waals surface area (Å²) >= 11 is 5.07. The van der Waals surface area contributed by atoms with Gasteiger partial charge in [0.25, 0.3) is 0 Å². The van der Waals surface area contributed by atoms with Gasteiger partial charge in [-0.1, -0.05) is 0 Å². The fourth-order valence-corrected chi connectivity index (χ4v) is 2.46. The van der Waals surface area contributed by atoms with E-state index in [1.54, 1.807) is 11.3 Å². The zero-order valence-corrected chi connectivity index (χ0v) is 9.02. The van der Waals surface area contributed by atoms with Crippen molar-refractivity contribution in [2.45, 2.75) is 6.42 Å². The van der Waals surface area contributed by atoms with Crippen molar-refractivity contribution in [3.63, 3.8) is 0 Å². The van der Waals surface area contributed by atoms with Gasteiger partial charge in [-0.05, 0) is 22.0 Å². The lowest BCUT2D eigenvalue weighted by atomic mass is 10.3. The fourth-order valence-electron chi connectivity index (χ4n) is 1.00. The van der Waals surface area contributed by atoms with Crippen molar-refractivity contribution in [2.24, 2.45) is 0 Å². The number of thiophene rings is 1. The number of aromatic nitrogens is 3. The number of anilines is 1. The largest absolute Gasteiger partial charge is 0.367 e. The molecule has 2 heterocycles. The molecule has 0 unspecified atom stereocenters. The van der Waals surface area contributed by atoms with Crippen molar-refractivity contribution in [3.8, 4) is 0 Å². The molecule has 0 amide bonds. The molecule has 0 aromatic carbocycles. The highest BCUT2D eigenvalue weighted by atomic mass is 79.9. The van der Waals surface area contributed by atoms with Gasteiger partial charge in [0.15, 0.2) is 0 Å². The summed E-state index contributed by atoms with van der Waals surface area (Å²) in [5.74, 6) is 1.09. The molecule has 0 radical (unpaired) electrons. The van der Waals surface area contributed by atoms with Crippen LogP contribution in [-0.2, 0) is 6.42 Å². The van der Waals surface area contributed by atoms with Crippen molar-refractivity contribution in [1.82, 2.24) is 15.2 Å². The number of rotatable bonds is 2. The van der Waals surface area contributed by atoms with Gasteiger partial charge in [0.1, 0.15) is 5.82 Å². The van der Waals surface area contributed by atoms with E-state index in [9.17, 15) is 0 Å². The predicted octanol–water partition coefficient (Wildman–Crippen LogP) is 1.80. The number of H-pyrrole nitrogens is 1. The zero-order valence-electron chi connectivity index (χ0n) is 6.62. The molecule has 4 nitrogen and oxygen atoms in total. The van der Waals surface area contributed by atoms with Crippen LogP contribution in [0.5, 0.6) is 0 Å². The lowest BCUT2D eigenvalue weighted by Gasteiger charge is -1.89. The Morgan fingerprint density at radius 3 is 3.00 bits per heavy atom. The Morgan fingerprint density at radius 2 is 2.46 bits per heavy atom. The van der Waals surface area contributed by atoms with Gasteiger partial charge >= 0.3 is 0 Å². The van der Waals surface area contributed by atoms with Gasteiger partial charge in [-0.2, -0.15) is 4.98 Å². The second-order valence-corrected chi connectivity index (χ2v) is 4.46. The summed E-state index contributed by atoms with van der Waals surface area (Å²) in [5, 5.41) is 8.56. The van der Waals surface area contributed by atoms with Gasteiger partial charge < -0.3 is 5.73 Å². The SMILES string of the molecule is Nc1n[nH]c(Cc2cc(Br)cs2)n1. The summed E-state index contributed by atoms with van der Waals surface area (Å²) in [6.45, 7) is 0. The number of nitrogens with two attached hydrogens (primary N) is 1. The Bertz CT molecular complexity index is 370. The quantitative estimate of drug-likeness (QED) is 0.864. The van der Waals surface area contributed by atoms with Gasteiger partial charge in [-0.15, -0.1) is 16.4 Å². The highest BCUT2D eigenvalue weighted by molar-refractivity contribution is 9.10. The molecule has 0 atom stereocenters. The lowest BCUT2D eigenvalue weighted by Crippen LogP contribution is -1.88. The van der Waals surface area contributed by atoms with Crippen LogP contribution in [0.15, 0.2) is 15.9 Å². The average molecular weight is 259 g/mol. The van der Waals surface area contributed by atoms with E-state index in [0.717, 1.165) is 16.7 Å². The first-order valence-corrected chi connectivity index (χ1v) is 5.31. The molecule has 0 spiro atoms. The molecule has 2 aromatic heterocycles. The molecule has 0 bridgehead atoms. The maximum atomic E-state index is 5.38. The van der Waals surface area contributed by atoms with Crippen LogP contribution in [0.4, 0.5) is 5.95 Å². The van der Waals surface area contributed by atoms with E-state index in [2.05, 4.69) is 37.2 Å². The van der Waals surface area contributed by atoms with E-state index < -0.39 is 0 Å².